The number of carbonyl (C=O) groups is 1. The molecule has 0 aliphatic rings. The van der Waals surface area contributed by atoms with Crippen molar-refractivity contribution in [3.05, 3.63) is 115 Å². The molecule has 0 saturated carbocycles. The zero-order chi connectivity index (χ0) is 23.3. The predicted molar refractivity (Wildman–Crippen MR) is 143 cm³/mol. The van der Waals surface area contributed by atoms with Crippen LogP contribution in [0.1, 0.15) is 10.4 Å². The summed E-state index contributed by atoms with van der Waals surface area (Å²) in [5, 5.41) is 4.46. The molecule has 7 heteroatoms. The number of nitrogens with zero attached hydrogens (tertiary/aromatic N) is 3. The van der Waals surface area contributed by atoms with Crippen molar-refractivity contribution in [1.29, 1.82) is 0 Å². The van der Waals surface area contributed by atoms with Crippen molar-refractivity contribution in [3.8, 4) is 11.5 Å². The van der Waals surface area contributed by atoms with Crippen LogP contribution in [-0.2, 0) is 0 Å². The Labute approximate surface area is 210 Å². The number of para-hydroxylation sites is 1. The predicted octanol–water partition coefficient (Wildman–Crippen LogP) is 7.16. The molecule has 2 aromatic heterocycles. The molecule has 2 heterocycles. The zero-order valence-corrected chi connectivity index (χ0v) is 20.1. The van der Waals surface area contributed by atoms with Gasteiger partial charge in [-0.05, 0) is 60.7 Å². The van der Waals surface area contributed by atoms with E-state index < -0.39 is 0 Å². The van der Waals surface area contributed by atoms with Crippen LogP contribution in [0.15, 0.2) is 110 Å². The van der Waals surface area contributed by atoms with Gasteiger partial charge in [0.2, 0.25) is 0 Å². The summed E-state index contributed by atoms with van der Waals surface area (Å²) in [4.78, 5) is 21.5. The average Bonchev–Trinajstić information content (AvgIpc) is 2.89. The molecule has 0 spiro atoms. The molecule has 0 saturated heterocycles. The van der Waals surface area contributed by atoms with Crippen molar-refractivity contribution >= 4 is 56.7 Å². The molecule has 3 aromatic carbocycles. The van der Waals surface area contributed by atoms with E-state index in [4.69, 9.17) is 4.74 Å². The number of pyridine rings is 2. The fourth-order valence-electron chi connectivity index (χ4n) is 3.50. The number of benzene rings is 3. The Morgan fingerprint density at radius 3 is 2.44 bits per heavy atom. The van der Waals surface area contributed by atoms with Crippen molar-refractivity contribution in [2.75, 3.05) is 8.43 Å². The summed E-state index contributed by atoms with van der Waals surface area (Å²) in [5.74, 6) is 1.20. The van der Waals surface area contributed by atoms with Gasteiger partial charge in [-0.1, -0.05) is 24.3 Å². The van der Waals surface area contributed by atoms with Crippen LogP contribution in [0.4, 0.5) is 17.1 Å². The Hall–Kier alpha value is -3.98. The minimum absolute atomic E-state index is 0.123. The number of amides is 1. The second-order valence-electron chi connectivity index (χ2n) is 7.45. The molecule has 0 bridgehead atoms. The average molecular weight is 558 g/mol. The molecule has 166 valence electrons. The van der Waals surface area contributed by atoms with E-state index >= 15 is 0 Å². The number of fused-ring (bicyclic) bond motifs is 1. The summed E-state index contributed by atoms with van der Waals surface area (Å²) in [6, 6.07) is 28.3. The lowest BCUT2D eigenvalue weighted by atomic mass is 10.1. The molecule has 0 aliphatic carbocycles. The van der Waals surface area contributed by atoms with Gasteiger partial charge < -0.3 is 10.1 Å². The van der Waals surface area contributed by atoms with Gasteiger partial charge >= 0.3 is 0 Å². The first-order valence-electron chi connectivity index (χ1n) is 10.6. The van der Waals surface area contributed by atoms with Crippen LogP contribution in [0.3, 0.4) is 0 Å². The standard InChI is InChI=1S/C27H19IN4O2/c28-32(21-4-3-5-23(18-21)34-22-12-15-29-16-13-22)27(33)19-8-10-20(11-9-19)31-26-14-17-30-25-7-2-1-6-24(25)26/h1-18H,(H,30,31). The highest BCUT2D eigenvalue weighted by atomic mass is 127. The lowest BCUT2D eigenvalue weighted by Gasteiger charge is -2.16. The highest BCUT2D eigenvalue weighted by Gasteiger charge is 2.16. The van der Waals surface area contributed by atoms with Gasteiger partial charge in [0.05, 0.1) is 34.1 Å². The fourth-order valence-corrected chi connectivity index (χ4v) is 4.08. The minimum atomic E-state index is -0.123. The van der Waals surface area contributed by atoms with Crippen LogP contribution in [0.25, 0.3) is 10.9 Å². The molecular weight excluding hydrogens is 539 g/mol. The maximum Gasteiger partial charge on any atom is 0.267 e. The van der Waals surface area contributed by atoms with Crippen LogP contribution in [0, 0.1) is 0 Å². The first-order valence-corrected chi connectivity index (χ1v) is 11.5. The first kappa shape index (κ1) is 21.8. The van der Waals surface area contributed by atoms with Crippen LogP contribution in [0.5, 0.6) is 11.5 Å². The van der Waals surface area contributed by atoms with Gasteiger partial charge in [-0.3, -0.25) is 14.8 Å². The van der Waals surface area contributed by atoms with Gasteiger partial charge in [-0.2, -0.15) is 0 Å². The molecule has 6 nitrogen and oxygen atoms in total. The third-order valence-electron chi connectivity index (χ3n) is 5.17. The Balaban J connectivity index is 1.31. The van der Waals surface area contributed by atoms with E-state index in [2.05, 4.69) is 15.3 Å². The van der Waals surface area contributed by atoms with E-state index in [0.717, 1.165) is 28.0 Å². The highest BCUT2D eigenvalue weighted by Crippen LogP contribution is 2.29. The van der Waals surface area contributed by atoms with Gasteiger partial charge in [0.15, 0.2) is 0 Å². The van der Waals surface area contributed by atoms with Crippen molar-refractivity contribution in [2.45, 2.75) is 0 Å². The number of hydrogen-bond donors (Lipinski definition) is 1. The molecule has 1 N–H and O–H groups in total. The fraction of sp³-hybridized carbons (Fsp3) is 0. The number of ether oxygens (including phenoxy) is 1. The van der Waals surface area contributed by atoms with Gasteiger partial charge in [0.1, 0.15) is 11.5 Å². The molecular formula is C27H19IN4O2. The maximum atomic E-state index is 13.1. The molecule has 0 unspecified atom stereocenters. The van der Waals surface area contributed by atoms with Crippen LogP contribution >= 0.6 is 22.9 Å². The summed E-state index contributed by atoms with van der Waals surface area (Å²) in [6.45, 7) is 0. The SMILES string of the molecule is O=C(c1ccc(Nc2ccnc3ccccc23)cc1)N(I)c1cccc(Oc2ccncc2)c1. The number of aromatic nitrogens is 2. The molecule has 0 radical (unpaired) electrons. The van der Waals surface area contributed by atoms with Gasteiger partial charge in [-0.25, -0.2) is 3.11 Å². The van der Waals surface area contributed by atoms with Crippen molar-refractivity contribution in [2.24, 2.45) is 0 Å². The number of hydrogen-bond acceptors (Lipinski definition) is 5. The van der Waals surface area contributed by atoms with Crippen LogP contribution in [-0.4, -0.2) is 15.9 Å². The monoisotopic (exact) mass is 558 g/mol. The number of carbonyl (C=O) groups excluding carboxylic acids is 1. The smallest absolute Gasteiger partial charge is 0.267 e. The Kier molecular flexibility index (Phi) is 6.35. The third kappa shape index (κ3) is 4.84. The molecule has 0 fully saturated rings. The maximum absolute atomic E-state index is 13.1. The summed E-state index contributed by atoms with van der Waals surface area (Å²) in [7, 11) is 0. The van der Waals surface area contributed by atoms with E-state index in [1.54, 1.807) is 33.8 Å². The minimum Gasteiger partial charge on any atom is -0.457 e. The topological polar surface area (TPSA) is 67.4 Å². The van der Waals surface area contributed by atoms with Crippen LogP contribution < -0.4 is 13.2 Å². The zero-order valence-electron chi connectivity index (χ0n) is 17.9. The van der Waals surface area contributed by atoms with E-state index in [9.17, 15) is 4.79 Å². The van der Waals surface area contributed by atoms with E-state index in [1.807, 2.05) is 102 Å². The van der Waals surface area contributed by atoms with E-state index in [0.29, 0.717) is 17.1 Å². The number of anilines is 3. The van der Waals surface area contributed by atoms with Crippen molar-refractivity contribution < 1.29 is 9.53 Å². The number of rotatable bonds is 6. The number of nitrogens with one attached hydrogen (secondary N) is 1. The van der Waals surface area contributed by atoms with E-state index in [1.165, 1.54) is 0 Å². The summed E-state index contributed by atoms with van der Waals surface area (Å²) < 4.78 is 7.44. The Morgan fingerprint density at radius 2 is 1.62 bits per heavy atom. The summed E-state index contributed by atoms with van der Waals surface area (Å²) in [5.41, 5.74) is 4.09. The largest absolute Gasteiger partial charge is 0.457 e. The Morgan fingerprint density at radius 1 is 0.824 bits per heavy atom. The summed E-state index contributed by atoms with van der Waals surface area (Å²) >= 11 is 2.02. The molecule has 1 amide bonds. The van der Waals surface area contributed by atoms with Crippen LogP contribution in [0.2, 0.25) is 0 Å². The lowest BCUT2D eigenvalue weighted by Crippen LogP contribution is -2.19. The Bertz CT molecular complexity index is 1440. The van der Waals surface area contributed by atoms with Gasteiger partial charge in [0.25, 0.3) is 5.91 Å². The molecule has 34 heavy (non-hydrogen) atoms. The lowest BCUT2D eigenvalue weighted by molar-refractivity contribution is 0.101. The first-order chi connectivity index (χ1) is 16.7. The molecule has 5 aromatic rings. The van der Waals surface area contributed by atoms with E-state index in [-0.39, 0.29) is 5.91 Å². The highest BCUT2D eigenvalue weighted by molar-refractivity contribution is 14.1. The normalized spacial score (nSPS) is 10.6. The second-order valence-corrected chi connectivity index (χ2v) is 8.41. The third-order valence-corrected chi connectivity index (χ3v) is 6.16. The van der Waals surface area contributed by atoms with Gasteiger partial charge in [0, 0.05) is 47.0 Å². The van der Waals surface area contributed by atoms with Crippen molar-refractivity contribution in [1.82, 2.24) is 9.97 Å². The van der Waals surface area contributed by atoms with Gasteiger partial charge in [-0.15, -0.1) is 0 Å². The second kappa shape index (κ2) is 9.88. The number of halogens is 1. The summed E-state index contributed by atoms with van der Waals surface area (Å²) in [6.07, 6.45) is 5.12. The molecule has 0 atom stereocenters. The molecule has 0 aliphatic heterocycles. The quantitative estimate of drug-likeness (QED) is 0.177. The molecule has 5 rings (SSSR count). The van der Waals surface area contributed by atoms with Crippen molar-refractivity contribution in [3.63, 3.8) is 0 Å².